The molecule has 4 nitrogen and oxygen atoms in total. The molecule has 1 aromatic heterocycles. The second-order valence-electron chi connectivity index (χ2n) is 5.53. The number of hydrogen-bond acceptors (Lipinski definition) is 3. The number of carbonyl (C=O) groups is 1. The first-order valence-corrected chi connectivity index (χ1v) is 7.67. The fourth-order valence-corrected chi connectivity index (χ4v) is 2.49. The quantitative estimate of drug-likeness (QED) is 0.761. The van der Waals surface area contributed by atoms with Gasteiger partial charge in [-0.2, -0.15) is 0 Å². The number of aromatic nitrogens is 1. The van der Waals surface area contributed by atoms with Gasteiger partial charge in [0, 0.05) is 17.3 Å². The zero-order chi connectivity index (χ0) is 16.1. The van der Waals surface area contributed by atoms with Gasteiger partial charge in [-0.1, -0.05) is 36.4 Å². The number of nitrogens with zero attached hydrogens (tertiary/aromatic N) is 1. The molecule has 0 unspecified atom stereocenters. The van der Waals surface area contributed by atoms with Crippen molar-refractivity contribution < 1.29 is 4.79 Å². The van der Waals surface area contributed by atoms with Crippen LogP contribution in [0.15, 0.2) is 66.9 Å². The molecule has 1 atom stereocenters. The number of amides is 1. The van der Waals surface area contributed by atoms with E-state index in [-0.39, 0.29) is 5.91 Å². The van der Waals surface area contributed by atoms with Crippen LogP contribution < -0.4 is 11.1 Å². The van der Waals surface area contributed by atoms with Gasteiger partial charge in [-0.05, 0) is 42.7 Å². The van der Waals surface area contributed by atoms with E-state index in [0.717, 1.165) is 23.0 Å². The van der Waals surface area contributed by atoms with Crippen molar-refractivity contribution in [2.45, 2.75) is 18.9 Å². The molecular weight excluding hydrogens is 286 g/mol. The van der Waals surface area contributed by atoms with E-state index in [4.69, 9.17) is 5.73 Å². The number of anilines is 1. The number of rotatable bonds is 5. The smallest absolute Gasteiger partial charge is 0.241 e. The average Bonchev–Trinajstić information content (AvgIpc) is 2.60. The minimum atomic E-state index is -0.528. The second kappa shape index (κ2) is 7.03. The molecule has 0 radical (unpaired) electrons. The maximum Gasteiger partial charge on any atom is 0.241 e. The zero-order valence-corrected chi connectivity index (χ0v) is 12.8. The highest BCUT2D eigenvalue weighted by atomic mass is 16.2. The molecule has 23 heavy (non-hydrogen) atoms. The number of nitrogens with two attached hydrogens (primary N) is 1. The second-order valence-corrected chi connectivity index (χ2v) is 5.53. The number of pyridine rings is 1. The third kappa shape index (κ3) is 3.93. The predicted octanol–water partition coefficient (Wildman–Crippen LogP) is 3.13. The van der Waals surface area contributed by atoms with Crippen molar-refractivity contribution in [3.8, 4) is 0 Å². The van der Waals surface area contributed by atoms with Gasteiger partial charge < -0.3 is 11.1 Å². The molecule has 0 aliphatic carbocycles. The summed E-state index contributed by atoms with van der Waals surface area (Å²) in [4.78, 5) is 16.5. The van der Waals surface area contributed by atoms with E-state index < -0.39 is 6.04 Å². The average molecular weight is 305 g/mol. The summed E-state index contributed by atoms with van der Waals surface area (Å²) in [5, 5.41) is 3.87. The molecule has 0 aliphatic heterocycles. The summed E-state index contributed by atoms with van der Waals surface area (Å²) < 4.78 is 0. The van der Waals surface area contributed by atoms with Crippen molar-refractivity contribution in [2.75, 3.05) is 5.32 Å². The van der Waals surface area contributed by atoms with Crippen molar-refractivity contribution >= 4 is 22.5 Å². The molecule has 3 N–H and O–H groups in total. The molecule has 0 saturated heterocycles. The topological polar surface area (TPSA) is 68.0 Å². The Morgan fingerprint density at radius 3 is 2.74 bits per heavy atom. The van der Waals surface area contributed by atoms with Gasteiger partial charge in [0.05, 0.1) is 11.6 Å². The molecule has 0 aliphatic rings. The molecule has 1 heterocycles. The normalized spacial score (nSPS) is 12.0. The van der Waals surface area contributed by atoms with Crippen LogP contribution in [0.2, 0.25) is 0 Å². The molecule has 0 spiro atoms. The highest BCUT2D eigenvalue weighted by molar-refractivity contribution is 5.96. The van der Waals surface area contributed by atoms with Crippen LogP contribution in [0.1, 0.15) is 12.0 Å². The van der Waals surface area contributed by atoms with Gasteiger partial charge in [0.1, 0.15) is 0 Å². The maximum atomic E-state index is 12.2. The Bertz CT molecular complexity index is 802. The van der Waals surface area contributed by atoms with Gasteiger partial charge in [-0.25, -0.2) is 0 Å². The zero-order valence-electron chi connectivity index (χ0n) is 12.8. The Labute approximate surface area is 135 Å². The lowest BCUT2D eigenvalue weighted by Crippen LogP contribution is -2.36. The van der Waals surface area contributed by atoms with Crippen LogP contribution in [0.4, 0.5) is 5.69 Å². The van der Waals surface area contributed by atoms with Gasteiger partial charge in [0.25, 0.3) is 0 Å². The Balaban J connectivity index is 1.60. The number of fused-ring (bicyclic) bond motifs is 1. The van der Waals surface area contributed by atoms with E-state index in [1.165, 1.54) is 5.56 Å². The lowest BCUT2D eigenvalue weighted by molar-refractivity contribution is -0.117. The number of hydrogen-bond donors (Lipinski definition) is 2. The Hall–Kier alpha value is -2.72. The largest absolute Gasteiger partial charge is 0.325 e. The number of nitrogens with one attached hydrogen (secondary N) is 1. The number of carbonyl (C=O) groups excluding carboxylic acids is 1. The molecule has 3 aromatic rings. The molecule has 116 valence electrons. The third-order valence-electron chi connectivity index (χ3n) is 3.79. The Morgan fingerprint density at radius 2 is 1.91 bits per heavy atom. The summed E-state index contributed by atoms with van der Waals surface area (Å²) in [5.74, 6) is -0.163. The molecule has 0 saturated carbocycles. The summed E-state index contributed by atoms with van der Waals surface area (Å²) in [7, 11) is 0. The van der Waals surface area contributed by atoms with Crippen LogP contribution in [-0.4, -0.2) is 16.9 Å². The van der Waals surface area contributed by atoms with Crippen LogP contribution in [0.5, 0.6) is 0 Å². The van der Waals surface area contributed by atoms with Crippen molar-refractivity contribution in [3.63, 3.8) is 0 Å². The van der Waals surface area contributed by atoms with Crippen LogP contribution in [0, 0.1) is 0 Å². The van der Waals surface area contributed by atoms with E-state index >= 15 is 0 Å². The molecule has 1 amide bonds. The highest BCUT2D eigenvalue weighted by Gasteiger charge is 2.13. The molecule has 4 heteroatoms. The van der Waals surface area contributed by atoms with E-state index in [9.17, 15) is 4.79 Å². The van der Waals surface area contributed by atoms with Crippen molar-refractivity contribution in [1.29, 1.82) is 0 Å². The monoisotopic (exact) mass is 305 g/mol. The summed E-state index contributed by atoms with van der Waals surface area (Å²) in [5.41, 5.74) is 8.83. The minimum Gasteiger partial charge on any atom is -0.325 e. The highest BCUT2D eigenvalue weighted by Crippen LogP contribution is 2.17. The maximum absolute atomic E-state index is 12.2. The first kappa shape index (κ1) is 15.2. The van der Waals surface area contributed by atoms with Gasteiger partial charge in [0.15, 0.2) is 0 Å². The molecule has 2 aromatic carbocycles. The fourth-order valence-electron chi connectivity index (χ4n) is 2.49. The standard InChI is InChI=1S/C19H19N3O/c20-17(10-8-14-5-2-1-3-6-14)19(23)22-16-9-11-18-15(13-16)7-4-12-21-18/h1-7,9,11-13,17H,8,10,20H2,(H,22,23)/t17-/m1/s1. The SMILES string of the molecule is N[C@H](CCc1ccccc1)C(=O)Nc1ccc2ncccc2c1. The molecule has 0 bridgehead atoms. The van der Waals surface area contributed by atoms with E-state index in [0.29, 0.717) is 6.42 Å². The first-order valence-electron chi connectivity index (χ1n) is 7.67. The third-order valence-corrected chi connectivity index (χ3v) is 3.79. The van der Waals surface area contributed by atoms with Crippen LogP contribution in [0.3, 0.4) is 0 Å². The van der Waals surface area contributed by atoms with Crippen LogP contribution in [-0.2, 0) is 11.2 Å². The van der Waals surface area contributed by atoms with Crippen LogP contribution >= 0.6 is 0 Å². The molecular formula is C19H19N3O. The number of aryl methyl sites for hydroxylation is 1. The summed E-state index contributed by atoms with van der Waals surface area (Å²) in [6.45, 7) is 0. The Morgan fingerprint density at radius 1 is 1.09 bits per heavy atom. The molecule has 3 rings (SSSR count). The fraction of sp³-hybridized carbons (Fsp3) is 0.158. The van der Waals surface area contributed by atoms with Crippen molar-refractivity contribution in [3.05, 3.63) is 72.4 Å². The number of benzene rings is 2. The summed E-state index contributed by atoms with van der Waals surface area (Å²) >= 11 is 0. The summed E-state index contributed by atoms with van der Waals surface area (Å²) in [6.07, 6.45) is 3.15. The van der Waals surface area contributed by atoms with Gasteiger partial charge in [-0.3, -0.25) is 9.78 Å². The van der Waals surface area contributed by atoms with Gasteiger partial charge in [0.2, 0.25) is 5.91 Å². The van der Waals surface area contributed by atoms with Crippen LogP contribution in [0.25, 0.3) is 10.9 Å². The van der Waals surface area contributed by atoms with E-state index in [2.05, 4.69) is 10.3 Å². The lowest BCUT2D eigenvalue weighted by Gasteiger charge is -2.12. The lowest BCUT2D eigenvalue weighted by atomic mass is 10.1. The molecule has 0 fully saturated rings. The Kier molecular flexibility index (Phi) is 4.64. The van der Waals surface area contributed by atoms with Crippen molar-refractivity contribution in [1.82, 2.24) is 4.98 Å². The van der Waals surface area contributed by atoms with Gasteiger partial charge in [-0.15, -0.1) is 0 Å². The van der Waals surface area contributed by atoms with Gasteiger partial charge >= 0.3 is 0 Å². The van der Waals surface area contributed by atoms with E-state index in [1.54, 1.807) is 6.20 Å². The predicted molar refractivity (Wildman–Crippen MR) is 93.1 cm³/mol. The minimum absolute atomic E-state index is 0.163. The van der Waals surface area contributed by atoms with Crippen molar-refractivity contribution in [2.24, 2.45) is 5.73 Å². The summed E-state index contributed by atoms with van der Waals surface area (Å²) in [6, 6.07) is 19.0. The van der Waals surface area contributed by atoms with E-state index in [1.807, 2.05) is 60.7 Å². The first-order chi connectivity index (χ1) is 11.2.